The Labute approximate surface area is 140 Å². The highest BCUT2D eigenvalue weighted by Crippen LogP contribution is 2.63. The number of allylic oxidation sites excluding steroid dienone is 1. The maximum atomic E-state index is 13.1. The number of hydrogen-bond acceptors (Lipinski definition) is 4. The van der Waals surface area contributed by atoms with Gasteiger partial charge in [0.05, 0.1) is 12.1 Å². The standard InChI is InChI=1S/C19H19NO4/c1-2-24-17(23)18-12-8-10-14(11-9-12)19(18,20-16(22)15(18)21)13-6-4-3-5-7-13/h3-8,10,12,14H,2,9,11H2,1H3,(H,20,22)/t12?,14?,18-,19-/m1/s1. The van der Waals surface area contributed by atoms with Crippen molar-refractivity contribution in [3.63, 3.8) is 0 Å². The molecule has 4 aliphatic rings. The molecule has 0 radical (unpaired) electrons. The highest BCUT2D eigenvalue weighted by atomic mass is 16.5. The molecular weight excluding hydrogens is 306 g/mol. The van der Waals surface area contributed by atoms with Gasteiger partial charge in [0.15, 0.2) is 5.41 Å². The predicted octanol–water partition coefficient (Wildman–Crippen LogP) is 1.73. The van der Waals surface area contributed by atoms with Crippen LogP contribution >= 0.6 is 0 Å². The van der Waals surface area contributed by atoms with E-state index in [1.165, 1.54) is 0 Å². The average Bonchev–Trinajstić information content (AvgIpc) is 2.88. The smallest absolute Gasteiger partial charge is 0.323 e. The van der Waals surface area contributed by atoms with Crippen molar-refractivity contribution in [3.05, 3.63) is 48.0 Å². The summed E-state index contributed by atoms with van der Waals surface area (Å²) >= 11 is 0. The first kappa shape index (κ1) is 15.1. The topological polar surface area (TPSA) is 72.5 Å². The molecule has 2 unspecified atom stereocenters. The Hall–Kier alpha value is -2.43. The molecule has 1 heterocycles. The summed E-state index contributed by atoms with van der Waals surface area (Å²) in [5, 5.41) is 2.91. The van der Waals surface area contributed by atoms with Gasteiger partial charge in [-0.05, 0) is 25.3 Å². The van der Waals surface area contributed by atoms with Crippen molar-refractivity contribution in [3.8, 4) is 0 Å². The number of benzene rings is 1. The molecule has 0 aromatic heterocycles. The van der Waals surface area contributed by atoms with E-state index in [0.29, 0.717) is 6.42 Å². The van der Waals surface area contributed by atoms with Crippen LogP contribution in [0.15, 0.2) is 42.5 Å². The maximum Gasteiger partial charge on any atom is 0.323 e. The van der Waals surface area contributed by atoms with Crippen LogP contribution in [-0.2, 0) is 24.7 Å². The Morgan fingerprint density at radius 2 is 1.83 bits per heavy atom. The van der Waals surface area contributed by atoms with E-state index in [1.807, 2.05) is 42.5 Å². The van der Waals surface area contributed by atoms with E-state index < -0.39 is 28.6 Å². The summed E-state index contributed by atoms with van der Waals surface area (Å²) in [6.07, 6.45) is 5.49. The second-order valence-electron chi connectivity index (χ2n) is 6.66. The van der Waals surface area contributed by atoms with Crippen molar-refractivity contribution in [1.29, 1.82) is 0 Å². The minimum Gasteiger partial charge on any atom is -0.465 e. The quantitative estimate of drug-likeness (QED) is 0.397. The largest absolute Gasteiger partial charge is 0.465 e. The fourth-order valence-electron chi connectivity index (χ4n) is 4.94. The van der Waals surface area contributed by atoms with Crippen LogP contribution in [0.5, 0.6) is 0 Å². The summed E-state index contributed by atoms with van der Waals surface area (Å²) in [6.45, 7) is 1.89. The summed E-state index contributed by atoms with van der Waals surface area (Å²) in [6, 6.07) is 9.35. The molecule has 2 bridgehead atoms. The van der Waals surface area contributed by atoms with E-state index in [2.05, 4.69) is 5.32 Å². The fourth-order valence-corrected chi connectivity index (χ4v) is 4.94. The van der Waals surface area contributed by atoms with Crippen LogP contribution in [0, 0.1) is 17.3 Å². The normalized spacial score (nSPS) is 36.4. The first-order valence-corrected chi connectivity index (χ1v) is 8.37. The van der Waals surface area contributed by atoms with Crippen molar-refractivity contribution in [2.45, 2.75) is 25.3 Å². The summed E-state index contributed by atoms with van der Waals surface area (Å²) < 4.78 is 5.32. The van der Waals surface area contributed by atoms with E-state index in [0.717, 1.165) is 12.0 Å². The van der Waals surface area contributed by atoms with E-state index in [1.54, 1.807) is 6.92 Å². The summed E-state index contributed by atoms with van der Waals surface area (Å²) in [7, 11) is 0. The first-order chi connectivity index (χ1) is 11.6. The third kappa shape index (κ3) is 1.52. The number of amides is 1. The molecule has 3 aliphatic carbocycles. The van der Waals surface area contributed by atoms with Gasteiger partial charge in [0.25, 0.3) is 5.91 Å². The molecule has 24 heavy (non-hydrogen) atoms. The highest BCUT2D eigenvalue weighted by molar-refractivity contribution is 6.45. The number of fused-ring (bicyclic) bond motifs is 1. The molecule has 5 rings (SSSR count). The molecule has 1 N–H and O–H groups in total. The summed E-state index contributed by atoms with van der Waals surface area (Å²) in [5.74, 6) is -2.37. The van der Waals surface area contributed by atoms with Gasteiger partial charge in [0.2, 0.25) is 5.78 Å². The monoisotopic (exact) mass is 325 g/mol. The van der Waals surface area contributed by atoms with E-state index in [9.17, 15) is 14.4 Å². The van der Waals surface area contributed by atoms with Crippen LogP contribution in [-0.4, -0.2) is 24.3 Å². The Morgan fingerprint density at radius 3 is 2.46 bits per heavy atom. The van der Waals surface area contributed by atoms with Gasteiger partial charge in [-0.15, -0.1) is 0 Å². The predicted molar refractivity (Wildman–Crippen MR) is 85.7 cm³/mol. The number of ketones is 1. The molecule has 1 saturated heterocycles. The van der Waals surface area contributed by atoms with Crippen LogP contribution in [0.1, 0.15) is 25.3 Å². The van der Waals surface area contributed by atoms with Crippen LogP contribution in [0.3, 0.4) is 0 Å². The van der Waals surface area contributed by atoms with Crippen molar-refractivity contribution in [1.82, 2.24) is 5.32 Å². The van der Waals surface area contributed by atoms with Gasteiger partial charge in [-0.3, -0.25) is 14.4 Å². The number of rotatable bonds is 3. The molecule has 1 aromatic rings. The molecule has 1 saturated carbocycles. The SMILES string of the molecule is CCOC(=O)[C@@]12C(=O)C(=O)N[C@]1(c1ccccc1)C1C=CC2CC1. The minimum atomic E-state index is -1.50. The summed E-state index contributed by atoms with van der Waals surface area (Å²) in [5.41, 5.74) is -1.76. The highest BCUT2D eigenvalue weighted by Gasteiger charge is 2.77. The van der Waals surface area contributed by atoms with Crippen LogP contribution in [0.25, 0.3) is 0 Å². The molecule has 4 atom stereocenters. The molecule has 2 fully saturated rings. The molecule has 5 heteroatoms. The lowest BCUT2D eigenvalue weighted by Crippen LogP contribution is -2.66. The van der Waals surface area contributed by atoms with Crippen LogP contribution in [0.2, 0.25) is 0 Å². The zero-order valence-corrected chi connectivity index (χ0v) is 13.5. The number of nitrogens with one attached hydrogen (secondary N) is 1. The van der Waals surface area contributed by atoms with Gasteiger partial charge in [-0.25, -0.2) is 0 Å². The third-order valence-electron chi connectivity index (χ3n) is 5.80. The summed E-state index contributed by atoms with van der Waals surface area (Å²) in [4.78, 5) is 38.5. The van der Waals surface area contributed by atoms with E-state index in [4.69, 9.17) is 4.74 Å². The van der Waals surface area contributed by atoms with E-state index >= 15 is 0 Å². The van der Waals surface area contributed by atoms with Crippen LogP contribution < -0.4 is 5.32 Å². The molecule has 1 amide bonds. The minimum absolute atomic E-state index is 0.107. The molecule has 5 nitrogen and oxygen atoms in total. The van der Waals surface area contributed by atoms with Gasteiger partial charge in [-0.1, -0.05) is 42.5 Å². The van der Waals surface area contributed by atoms with Crippen molar-refractivity contribution in [2.24, 2.45) is 17.3 Å². The number of Topliss-reactive ketones (excluding diaryl/α,β-unsaturated/α-hetero) is 1. The average molecular weight is 325 g/mol. The van der Waals surface area contributed by atoms with E-state index in [-0.39, 0.29) is 18.4 Å². The Morgan fingerprint density at radius 1 is 1.17 bits per heavy atom. The third-order valence-corrected chi connectivity index (χ3v) is 5.80. The van der Waals surface area contributed by atoms with Gasteiger partial charge in [0.1, 0.15) is 0 Å². The lowest BCUT2D eigenvalue weighted by molar-refractivity contribution is -0.173. The Kier molecular flexibility index (Phi) is 3.17. The Balaban J connectivity index is 2.03. The molecule has 0 spiro atoms. The Bertz CT molecular complexity index is 756. The van der Waals surface area contributed by atoms with Crippen molar-refractivity contribution >= 4 is 17.7 Å². The number of esters is 1. The number of carbonyl (C=O) groups is 3. The lowest BCUT2D eigenvalue weighted by Gasteiger charge is -2.55. The first-order valence-electron chi connectivity index (χ1n) is 8.37. The van der Waals surface area contributed by atoms with Gasteiger partial charge in [-0.2, -0.15) is 0 Å². The second kappa shape index (κ2) is 5.03. The van der Waals surface area contributed by atoms with Gasteiger partial charge in [0, 0.05) is 11.8 Å². The van der Waals surface area contributed by atoms with Crippen LogP contribution in [0.4, 0.5) is 0 Å². The zero-order valence-electron chi connectivity index (χ0n) is 13.5. The van der Waals surface area contributed by atoms with Crippen molar-refractivity contribution < 1.29 is 19.1 Å². The maximum absolute atomic E-state index is 13.1. The van der Waals surface area contributed by atoms with Gasteiger partial charge < -0.3 is 10.1 Å². The second-order valence-corrected chi connectivity index (χ2v) is 6.66. The number of hydrogen-bond donors (Lipinski definition) is 1. The molecule has 124 valence electrons. The fraction of sp³-hybridized carbons (Fsp3) is 0.421. The zero-order chi connectivity index (χ0) is 16.9. The molecular formula is C19H19NO4. The van der Waals surface area contributed by atoms with Crippen molar-refractivity contribution in [2.75, 3.05) is 6.61 Å². The lowest BCUT2D eigenvalue weighted by atomic mass is 9.47. The molecule has 1 aromatic carbocycles. The number of ether oxygens (including phenoxy) is 1. The number of carbonyl (C=O) groups excluding carboxylic acids is 3. The van der Waals surface area contributed by atoms with Gasteiger partial charge >= 0.3 is 5.97 Å². The molecule has 1 aliphatic heterocycles.